The number of likely N-dealkylation sites (tertiary alicyclic amines) is 1. The first-order valence-corrected chi connectivity index (χ1v) is 7.56. The number of methoxy groups -OCH3 is 1. The number of rotatable bonds is 5. The number of nitrogens with zero attached hydrogens (tertiary/aromatic N) is 1. The Morgan fingerprint density at radius 1 is 1.57 bits per heavy atom. The minimum absolute atomic E-state index is 0.0523. The second kappa shape index (κ2) is 7.64. The van der Waals surface area contributed by atoms with Crippen LogP contribution in [0.1, 0.15) is 19.3 Å². The van der Waals surface area contributed by atoms with E-state index >= 15 is 0 Å². The summed E-state index contributed by atoms with van der Waals surface area (Å²) in [6, 6.07) is 5.05. The topological polar surface area (TPSA) is 67.6 Å². The van der Waals surface area contributed by atoms with Crippen molar-refractivity contribution >= 4 is 28.9 Å². The van der Waals surface area contributed by atoms with Crippen molar-refractivity contribution in [2.45, 2.75) is 25.4 Å². The van der Waals surface area contributed by atoms with Crippen molar-refractivity contribution < 1.29 is 9.53 Å². The number of piperidine rings is 1. The van der Waals surface area contributed by atoms with E-state index in [-0.39, 0.29) is 12.0 Å². The summed E-state index contributed by atoms with van der Waals surface area (Å²) in [6.45, 7) is 2.64. The van der Waals surface area contributed by atoms with Crippen LogP contribution < -0.4 is 11.1 Å². The molecule has 0 saturated carbocycles. The summed E-state index contributed by atoms with van der Waals surface area (Å²) >= 11 is 5.90. The van der Waals surface area contributed by atoms with Crippen LogP contribution in [0, 0.1) is 0 Å². The van der Waals surface area contributed by atoms with E-state index in [1.807, 2.05) is 0 Å². The molecule has 1 atom stereocenters. The van der Waals surface area contributed by atoms with Gasteiger partial charge in [-0.1, -0.05) is 11.6 Å². The van der Waals surface area contributed by atoms with Gasteiger partial charge in [0.1, 0.15) is 0 Å². The van der Waals surface area contributed by atoms with Gasteiger partial charge in [0.15, 0.2) is 0 Å². The number of halogens is 1. The predicted molar refractivity (Wildman–Crippen MR) is 85.6 cm³/mol. The van der Waals surface area contributed by atoms with Gasteiger partial charge in [0.05, 0.1) is 17.5 Å². The average Bonchev–Trinajstić information content (AvgIpc) is 2.49. The molecule has 1 heterocycles. The SMILES string of the molecule is COC1CCCN(CCC(=O)Nc2cc(Cl)ccc2N)C1. The molecule has 1 fully saturated rings. The number of hydrogen-bond acceptors (Lipinski definition) is 4. The third-order valence-corrected chi connectivity index (χ3v) is 3.98. The third kappa shape index (κ3) is 4.88. The van der Waals surface area contributed by atoms with Gasteiger partial charge in [0.2, 0.25) is 5.91 Å². The van der Waals surface area contributed by atoms with Crippen molar-refractivity contribution in [1.29, 1.82) is 0 Å². The highest BCUT2D eigenvalue weighted by atomic mass is 35.5. The minimum Gasteiger partial charge on any atom is -0.397 e. The fourth-order valence-corrected chi connectivity index (χ4v) is 2.69. The van der Waals surface area contributed by atoms with Gasteiger partial charge in [-0.3, -0.25) is 4.79 Å². The summed E-state index contributed by atoms with van der Waals surface area (Å²) in [4.78, 5) is 14.3. The lowest BCUT2D eigenvalue weighted by Gasteiger charge is -2.31. The van der Waals surface area contributed by atoms with Crippen LogP contribution in [0.4, 0.5) is 11.4 Å². The van der Waals surface area contributed by atoms with Gasteiger partial charge in [-0.15, -0.1) is 0 Å². The van der Waals surface area contributed by atoms with E-state index in [1.165, 1.54) is 0 Å². The zero-order valence-electron chi connectivity index (χ0n) is 12.3. The molecule has 0 aliphatic carbocycles. The number of ether oxygens (including phenoxy) is 1. The van der Waals surface area contributed by atoms with E-state index in [9.17, 15) is 4.79 Å². The summed E-state index contributed by atoms with van der Waals surface area (Å²) in [5.41, 5.74) is 6.90. The molecule has 3 N–H and O–H groups in total. The highest BCUT2D eigenvalue weighted by Gasteiger charge is 2.19. The second-order valence-electron chi connectivity index (χ2n) is 5.33. The van der Waals surface area contributed by atoms with Crippen molar-refractivity contribution in [1.82, 2.24) is 4.90 Å². The number of nitrogens with two attached hydrogens (primary N) is 1. The minimum atomic E-state index is -0.0523. The average molecular weight is 312 g/mol. The van der Waals surface area contributed by atoms with Crippen LogP contribution in [0.15, 0.2) is 18.2 Å². The normalized spacial score (nSPS) is 19.4. The number of nitrogen functional groups attached to an aromatic ring is 1. The number of benzene rings is 1. The first-order chi connectivity index (χ1) is 10.1. The van der Waals surface area contributed by atoms with Gasteiger partial charge in [0, 0.05) is 31.6 Å². The molecule has 1 aliphatic rings. The lowest BCUT2D eigenvalue weighted by molar-refractivity contribution is -0.116. The van der Waals surface area contributed by atoms with E-state index < -0.39 is 0 Å². The molecule has 2 rings (SSSR count). The maximum atomic E-state index is 12.0. The molecular formula is C15H22ClN3O2. The fourth-order valence-electron chi connectivity index (χ4n) is 2.52. The van der Waals surface area contributed by atoms with Crippen LogP contribution in [0.25, 0.3) is 0 Å². The molecule has 1 aromatic rings. The highest BCUT2D eigenvalue weighted by Crippen LogP contribution is 2.23. The first kappa shape index (κ1) is 16.1. The summed E-state index contributed by atoms with van der Waals surface area (Å²) < 4.78 is 5.38. The quantitative estimate of drug-likeness (QED) is 0.819. The molecule has 0 radical (unpaired) electrons. The lowest BCUT2D eigenvalue weighted by Crippen LogP contribution is -2.40. The third-order valence-electron chi connectivity index (χ3n) is 3.74. The summed E-state index contributed by atoms with van der Waals surface area (Å²) in [5.74, 6) is -0.0523. The number of carbonyl (C=O) groups excluding carboxylic acids is 1. The monoisotopic (exact) mass is 311 g/mol. The van der Waals surface area contributed by atoms with E-state index in [1.54, 1.807) is 25.3 Å². The number of amides is 1. The molecule has 1 aromatic carbocycles. The number of hydrogen-bond donors (Lipinski definition) is 2. The number of anilines is 2. The van der Waals surface area contributed by atoms with E-state index in [4.69, 9.17) is 22.1 Å². The van der Waals surface area contributed by atoms with E-state index in [2.05, 4.69) is 10.2 Å². The van der Waals surface area contributed by atoms with Crippen molar-refractivity contribution in [3.05, 3.63) is 23.2 Å². The smallest absolute Gasteiger partial charge is 0.225 e. The molecule has 5 nitrogen and oxygen atoms in total. The predicted octanol–water partition coefficient (Wildman–Crippen LogP) is 2.36. The van der Waals surface area contributed by atoms with Gasteiger partial charge < -0.3 is 20.7 Å². The Morgan fingerprint density at radius 3 is 3.14 bits per heavy atom. The Hall–Kier alpha value is -1.30. The Labute approximate surface area is 130 Å². The van der Waals surface area contributed by atoms with Crippen LogP contribution in [0.2, 0.25) is 5.02 Å². The van der Waals surface area contributed by atoms with Gasteiger partial charge in [-0.05, 0) is 37.6 Å². The van der Waals surface area contributed by atoms with Crippen molar-refractivity contribution in [2.75, 3.05) is 37.8 Å². The first-order valence-electron chi connectivity index (χ1n) is 7.18. The van der Waals surface area contributed by atoms with Crippen LogP contribution >= 0.6 is 11.6 Å². The van der Waals surface area contributed by atoms with Crippen LogP contribution in [-0.2, 0) is 9.53 Å². The lowest BCUT2D eigenvalue weighted by atomic mass is 10.1. The number of nitrogens with one attached hydrogen (secondary N) is 1. The zero-order chi connectivity index (χ0) is 15.2. The molecule has 6 heteroatoms. The van der Waals surface area contributed by atoms with E-state index in [0.29, 0.717) is 22.8 Å². The highest BCUT2D eigenvalue weighted by molar-refractivity contribution is 6.31. The van der Waals surface area contributed by atoms with Crippen molar-refractivity contribution in [3.63, 3.8) is 0 Å². The largest absolute Gasteiger partial charge is 0.397 e. The number of carbonyl (C=O) groups is 1. The van der Waals surface area contributed by atoms with Crippen molar-refractivity contribution in [2.24, 2.45) is 0 Å². The molecule has 0 aromatic heterocycles. The van der Waals surface area contributed by atoms with E-state index in [0.717, 1.165) is 32.5 Å². The molecule has 1 amide bonds. The zero-order valence-corrected chi connectivity index (χ0v) is 13.0. The molecule has 1 saturated heterocycles. The van der Waals surface area contributed by atoms with Crippen LogP contribution in [0.3, 0.4) is 0 Å². The molecule has 21 heavy (non-hydrogen) atoms. The van der Waals surface area contributed by atoms with Crippen LogP contribution in [0.5, 0.6) is 0 Å². The van der Waals surface area contributed by atoms with Gasteiger partial charge in [-0.2, -0.15) is 0 Å². The van der Waals surface area contributed by atoms with Gasteiger partial charge >= 0.3 is 0 Å². The standard InChI is InChI=1S/C15H22ClN3O2/c1-21-12-3-2-7-19(10-12)8-6-15(20)18-14-9-11(16)4-5-13(14)17/h4-5,9,12H,2-3,6-8,10,17H2,1H3,(H,18,20). The van der Waals surface area contributed by atoms with Crippen molar-refractivity contribution in [3.8, 4) is 0 Å². The Morgan fingerprint density at radius 2 is 2.38 bits per heavy atom. The Bertz CT molecular complexity index is 496. The van der Waals surface area contributed by atoms with Crippen LogP contribution in [-0.4, -0.2) is 43.7 Å². The summed E-state index contributed by atoms with van der Waals surface area (Å²) in [7, 11) is 1.74. The maximum Gasteiger partial charge on any atom is 0.225 e. The summed E-state index contributed by atoms with van der Waals surface area (Å²) in [5, 5.41) is 3.36. The molecule has 116 valence electrons. The molecule has 1 aliphatic heterocycles. The van der Waals surface area contributed by atoms with Gasteiger partial charge in [-0.25, -0.2) is 0 Å². The molecular weight excluding hydrogens is 290 g/mol. The Kier molecular flexibility index (Phi) is 5.85. The van der Waals surface area contributed by atoms with Gasteiger partial charge in [0.25, 0.3) is 0 Å². The molecule has 0 spiro atoms. The summed E-state index contributed by atoms with van der Waals surface area (Å²) in [6.07, 6.45) is 2.92. The second-order valence-corrected chi connectivity index (χ2v) is 5.77. The fraction of sp³-hybridized carbons (Fsp3) is 0.533. The molecule has 0 bridgehead atoms. The maximum absolute atomic E-state index is 12.0. The molecule has 1 unspecified atom stereocenters. The Balaban J connectivity index is 1.80.